The van der Waals surface area contributed by atoms with Gasteiger partial charge in [-0.05, 0) is 65.2 Å². The zero-order valence-electron chi connectivity index (χ0n) is 19.5. The van der Waals surface area contributed by atoms with Gasteiger partial charge in [-0.2, -0.15) is 5.10 Å². The molecule has 0 heterocycles. The van der Waals surface area contributed by atoms with Crippen LogP contribution in [-0.2, 0) is 17.2 Å². The van der Waals surface area contributed by atoms with Gasteiger partial charge in [-0.3, -0.25) is 4.79 Å². The number of aryl methyl sites for hydroxylation is 2. The van der Waals surface area contributed by atoms with E-state index in [9.17, 15) is 4.79 Å². The Labute approximate surface area is 228 Å². The molecule has 3 rings (SSSR count). The summed E-state index contributed by atoms with van der Waals surface area (Å²) in [4.78, 5) is 12.2. The fourth-order valence-corrected chi connectivity index (χ4v) is 5.16. The van der Waals surface area contributed by atoms with Crippen molar-refractivity contribution >= 4 is 63.0 Å². The molecule has 0 atom stereocenters. The van der Waals surface area contributed by atoms with Gasteiger partial charge in [0, 0.05) is 21.4 Å². The van der Waals surface area contributed by atoms with E-state index in [4.69, 9.17) is 32.7 Å². The first kappa shape index (κ1) is 27.4. The SMILES string of the molecule is COc1cc(/C=N\NC(=O)CSCc2cc(C)cc(C)c2)cc(Br)c1OCc1ccc(Cl)cc1Cl. The number of carbonyl (C=O) groups excluding carboxylic acids is 1. The minimum atomic E-state index is -0.165. The highest BCUT2D eigenvalue weighted by Crippen LogP contribution is 2.37. The number of rotatable bonds is 10. The van der Waals surface area contributed by atoms with E-state index in [0.717, 1.165) is 16.9 Å². The standard InChI is InChI=1S/C26H25BrCl2N2O3S/c1-16-6-17(2)8-19(7-16)14-35-15-25(32)31-30-12-18-9-22(27)26(24(10-18)33-3)34-13-20-4-5-21(28)11-23(20)29/h4-12H,13-15H2,1-3H3,(H,31,32)/b30-12-. The third-order valence-corrected chi connectivity index (χ3v) is 7.00. The quantitative estimate of drug-likeness (QED) is 0.197. The van der Waals surface area contributed by atoms with Gasteiger partial charge in [0.2, 0.25) is 5.91 Å². The van der Waals surface area contributed by atoms with E-state index in [2.05, 4.69) is 58.5 Å². The highest BCUT2D eigenvalue weighted by molar-refractivity contribution is 9.10. The smallest absolute Gasteiger partial charge is 0.250 e. The summed E-state index contributed by atoms with van der Waals surface area (Å²) in [5.74, 6) is 1.97. The Morgan fingerprint density at radius 3 is 2.54 bits per heavy atom. The maximum atomic E-state index is 12.2. The van der Waals surface area contributed by atoms with Gasteiger partial charge in [0.05, 0.1) is 23.5 Å². The highest BCUT2D eigenvalue weighted by Gasteiger charge is 2.13. The molecule has 0 aliphatic carbocycles. The number of nitrogens with zero attached hydrogens (tertiary/aromatic N) is 1. The van der Waals surface area contributed by atoms with E-state index in [-0.39, 0.29) is 12.5 Å². The van der Waals surface area contributed by atoms with E-state index >= 15 is 0 Å². The molecule has 3 aromatic rings. The van der Waals surface area contributed by atoms with Gasteiger partial charge in [0.25, 0.3) is 0 Å². The van der Waals surface area contributed by atoms with E-state index < -0.39 is 0 Å². The number of thioether (sulfide) groups is 1. The second-order valence-corrected chi connectivity index (χ2v) is 10.5. The van der Waals surface area contributed by atoms with Crippen LogP contribution in [0.3, 0.4) is 0 Å². The minimum Gasteiger partial charge on any atom is -0.493 e. The Balaban J connectivity index is 1.55. The Kier molecular flexibility index (Phi) is 10.3. The van der Waals surface area contributed by atoms with Crippen molar-refractivity contribution in [1.29, 1.82) is 0 Å². The molecular weight excluding hydrogens is 571 g/mol. The van der Waals surface area contributed by atoms with Crippen molar-refractivity contribution in [2.75, 3.05) is 12.9 Å². The molecule has 0 fully saturated rings. The summed E-state index contributed by atoms with van der Waals surface area (Å²) in [6.07, 6.45) is 1.56. The van der Waals surface area contributed by atoms with Crippen molar-refractivity contribution in [3.8, 4) is 11.5 Å². The number of amides is 1. The predicted octanol–water partition coefficient (Wildman–Crippen LogP) is 7.34. The number of hydrazone groups is 1. The molecule has 0 spiro atoms. The summed E-state index contributed by atoms with van der Waals surface area (Å²) < 4.78 is 12.1. The molecule has 35 heavy (non-hydrogen) atoms. The van der Waals surface area contributed by atoms with Crippen LogP contribution in [-0.4, -0.2) is 25.0 Å². The molecule has 9 heteroatoms. The lowest BCUT2D eigenvalue weighted by molar-refractivity contribution is -0.118. The van der Waals surface area contributed by atoms with Gasteiger partial charge in [-0.15, -0.1) is 11.8 Å². The summed E-state index contributed by atoms with van der Waals surface area (Å²) in [7, 11) is 1.56. The molecule has 0 bridgehead atoms. The average molecular weight is 596 g/mol. The van der Waals surface area contributed by atoms with Gasteiger partial charge in [0.15, 0.2) is 11.5 Å². The molecular formula is C26H25BrCl2N2O3S. The maximum Gasteiger partial charge on any atom is 0.250 e. The molecule has 1 amide bonds. The molecule has 0 aliphatic rings. The second-order valence-electron chi connectivity index (χ2n) is 7.84. The molecule has 0 aromatic heterocycles. The van der Waals surface area contributed by atoms with Crippen molar-refractivity contribution in [2.24, 2.45) is 5.10 Å². The van der Waals surface area contributed by atoms with Gasteiger partial charge in [-0.1, -0.05) is 58.6 Å². The zero-order valence-corrected chi connectivity index (χ0v) is 23.4. The summed E-state index contributed by atoms with van der Waals surface area (Å²) in [5, 5.41) is 5.16. The highest BCUT2D eigenvalue weighted by atomic mass is 79.9. The van der Waals surface area contributed by atoms with Gasteiger partial charge < -0.3 is 9.47 Å². The minimum absolute atomic E-state index is 0.165. The molecule has 0 saturated carbocycles. The monoisotopic (exact) mass is 594 g/mol. The van der Waals surface area contributed by atoms with Crippen LogP contribution in [0.5, 0.6) is 11.5 Å². The van der Waals surface area contributed by atoms with Crippen LogP contribution in [0.15, 0.2) is 58.1 Å². The lowest BCUT2D eigenvalue weighted by Gasteiger charge is -2.14. The first-order valence-corrected chi connectivity index (χ1v) is 13.4. The Morgan fingerprint density at radius 2 is 1.86 bits per heavy atom. The fraction of sp³-hybridized carbons (Fsp3) is 0.231. The number of hydrogen-bond acceptors (Lipinski definition) is 5. The van der Waals surface area contributed by atoms with E-state index in [1.165, 1.54) is 16.7 Å². The molecule has 0 saturated heterocycles. The molecule has 0 radical (unpaired) electrons. The van der Waals surface area contributed by atoms with Crippen molar-refractivity contribution < 1.29 is 14.3 Å². The van der Waals surface area contributed by atoms with Crippen LogP contribution in [0.4, 0.5) is 0 Å². The first-order chi connectivity index (χ1) is 16.7. The van der Waals surface area contributed by atoms with Crippen LogP contribution >= 0.6 is 50.9 Å². The summed E-state index contributed by atoms with van der Waals surface area (Å²) in [6.45, 7) is 4.39. The van der Waals surface area contributed by atoms with Crippen molar-refractivity contribution in [2.45, 2.75) is 26.2 Å². The van der Waals surface area contributed by atoms with E-state index in [1.807, 2.05) is 12.1 Å². The molecule has 3 aromatic carbocycles. The van der Waals surface area contributed by atoms with Crippen LogP contribution in [0.25, 0.3) is 0 Å². The second kappa shape index (κ2) is 13.2. The molecule has 5 nitrogen and oxygen atoms in total. The summed E-state index contributed by atoms with van der Waals surface area (Å²) in [5.41, 5.74) is 7.75. The zero-order chi connectivity index (χ0) is 25.4. The Bertz CT molecular complexity index is 1220. The third-order valence-electron chi connectivity index (χ3n) is 4.83. The third kappa shape index (κ3) is 8.46. The van der Waals surface area contributed by atoms with Crippen molar-refractivity contribution in [3.05, 3.63) is 90.9 Å². The van der Waals surface area contributed by atoms with Crippen LogP contribution in [0.1, 0.15) is 27.8 Å². The summed E-state index contributed by atoms with van der Waals surface area (Å²) >= 11 is 17.3. The summed E-state index contributed by atoms with van der Waals surface area (Å²) in [6, 6.07) is 15.3. The van der Waals surface area contributed by atoms with Crippen LogP contribution < -0.4 is 14.9 Å². The van der Waals surface area contributed by atoms with Crippen LogP contribution in [0.2, 0.25) is 10.0 Å². The Hall–Kier alpha value is -2.19. The van der Waals surface area contributed by atoms with Gasteiger partial charge in [-0.25, -0.2) is 5.43 Å². The van der Waals surface area contributed by atoms with Gasteiger partial charge in [0.1, 0.15) is 6.61 Å². The van der Waals surface area contributed by atoms with Gasteiger partial charge >= 0.3 is 0 Å². The number of benzene rings is 3. The largest absolute Gasteiger partial charge is 0.493 e. The number of methoxy groups -OCH3 is 1. The fourth-order valence-electron chi connectivity index (χ4n) is 3.37. The number of nitrogens with one attached hydrogen (secondary N) is 1. The lowest BCUT2D eigenvalue weighted by Crippen LogP contribution is -2.19. The maximum absolute atomic E-state index is 12.2. The molecule has 0 aliphatic heterocycles. The first-order valence-electron chi connectivity index (χ1n) is 10.7. The van der Waals surface area contributed by atoms with E-state index in [1.54, 1.807) is 43.3 Å². The topological polar surface area (TPSA) is 59.9 Å². The number of halogens is 3. The van der Waals surface area contributed by atoms with Crippen LogP contribution in [0, 0.1) is 13.8 Å². The number of ether oxygens (including phenoxy) is 2. The number of hydrogen-bond donors (Lipinski definition) is 1. The lowest BCUT2D eigenvalue weighted by atomic mass is 10.1. The normalized spacial score (nSPS) is 11.0. The van der Waals surface area contributed by atoms with Crippen molar-refractivity contribution in [1.82, 2.24) is 5.43 Å². The number of carbonyl (C=O) groups is 1. The molecule has 1 N–H and O–H groups in total. The van der Waals surface area contributed by atoms with Crippen molar-refractivity contribution in [3.63, 3.8) is 0 Å². The average Bonchev–Trinajstić information content (AvgIpc) is 2.78. The molecule has 184 valence electrons. The van der Waals surface area contributed by atoms with E-state index in [0.29, 0.717) is 31.8 Å². The predicted molar refractivity (Wildman–Crippen MR) is 149 cm³/mol. The Morgan fingerprint density at radius 1 is 1.11 bits per heavy atom. The molecule has 0 unspecified atom stereocenters.